The van der Waals surface area contributed by atoms with Crippen molar-refractivity contribution in [3.63, 3.8) is 0 Å². The topological polar surface area (TPSA) is 450 Å². The number of nitrogens with one attached hydrogen (secondary N) is 13. The highest BCUT2D eigenvalue weighted by atomic mass is 15.3. The van der Waals surface area contributed by atoms with Crippen molar-refractivity contribution >= 4 is 143 Å². The van der Waals surface area contributed by atoms with Crippen LogP contribution in [-0.4, -0.2) is 161 Å². The second kappa shape index (κ2) is 43.2. The molecule has 0 spiro atoms. The molecule has 0 unspecified atom stereocenters. The minimum atomic E-state index is 0.922. The SMILES string of the molecule is Cc1cc2[nH]ccc2cn1.Cc1cc2[nH]ncc2cn1.Cc1cc2cc[nH]c2cn1.Cc1cc2cn[nH]c2cn1.Cc1cc2nc[nH]c2cn1.Cc1ccc2[nH]ccc2c1.Cc1ccc2[nH]ccc2n1.Cc1ccc2[nH]ncc2n1.Cc1ccc2[nH]ncc2n1.Cc1ccc2cn[nH]c2c1.Cc1ccc2n[nH]nc2c1.Cc1cnc2cc[nH]c2c1.Cc1cnc2cn[nH]c2c1. The Bertz CT molecular complexity index is 6280. The van der Waals surface area contributed by atoms with E-state index in [4.69, 9.17) is 0 Å². The van der Waals surface area contributed by atoms with E-state index < -0.39 is 0 Å². The van der Waals surface area contributed by atoms with Gasteiger partial charge in [-0.15, -0.1) is 0 Å². The van der Waals surface area contributed by atoms with Gasteiger partial charge >= 0.3 is 0 Å². The van der Waals surface area contributed by atoms with E-state index in [0.717, 1.165) is 167 Å². The lowest BCUT2D eigenvalue weighted by Crippen LogP contribution is -1.78. The summed E-state index contributed by atoms with van der Waals surface area (Å²) < 4.78 is 0. The van der Waals surface area contributed by atoms with E-state index in [1.54, 1.807) is 49.7 Å². The Hall–Kier alpha value is -17.5. The van der Waals surface area contributed by atoms with Gasteiger partial charge in [0.1, 0.15) is 27.6 Å². The largest absolute Gasteiger partial charge is 0.361 e. The molecule has 130 heavy (non-hydrogen) atoms. The van der Waals surface area contributed by atoms with Crippen LogP contribution >= 0.6 is 0 Å². The number of imidazole rings is 1. The second-order valence-corrected chi connectivity index (χ2v) is 30.5. The predicted molar refractivity (Wildman–Crippen MR) is 518 cm³/mol. The van der Waals surface area contributed by atoms with E-state index in [-0.39, 0.29) is 0 Å². The van der Waals surface area contributed by atoms with Crippen molar-refractivity contribution in [3.05, 3.63) is 355 Å². The number of benzene rings is 3. The minimum Gasteiger partial charge on any atom is -0.361 e. The maximum absolute atomic E-state index is 4.30. The van der Waals surface area contributed by atoms with Gasteiger partial charge in [0.2, 0.25) is 0 Å². The number of H-pyrrole nitrogens is 13. The third-order valence-electron chi connectivity index (χ3n) is 19.7. The van der Waals surface area contributed by atoms with E-state index in [1.165, 1.54) is 49.3 Å². The highest BCUT2D eigenvalue weighted by molar-refractivity contribution is 5.84. The Morgan fingerprint density at radius 3 is 1.30 bits per heavy atom. The molecule has 13 N–H and O–H groups in total. The zero-order valence-electron chi connectivity index (χ0n) is 74.1. The lowest BCUT2D eigenvalue weighted by Gasteiger charge is -1.90. The normalized spacial score (nSPS) is 10.5. The summed E-state index contributed by atoms with van der Waals surface area (Å²) in [5.41, 5.74) is 34.9. The van der Waals surface area contributed by atoms with Crippen LogP contribution in [0.2, 0.25) is 0 Å². The maximum atomic E-state index is 4.30. The lowest BCUT2D eigenvalue weighted by molar-refractivity contribution is 0.959. The quantitative estimate of drug-likeness (QED) is 0.0670. The van der Waals surface area contributed by atoms with Gasteiger partial charge in [0, 0.05) is 139 Å². The summed E-state index contributed by atoms with van der Waals surface area (Å²) in [4.78, 5) is 64.4. The fraction of sp³-hybridized carbons (Fsp3) is 0.133. The van der Waals surface area contributed by atoms with E-state index in [2.05, 4.69) is 230 Å². The third kappa shape index (κ3) is 25.2. The van der Waals surface area contributed by atoms with Crippen LogP contribution in [-0.2, 0) is 0 Å². The van der Waals surface area contributed by atoms with Gasteiger partial charge in [0.25, 0.3) is 0 Å². The summed E-state index contributed by atoms with van der Waals surface area (Å²) >= 11 is 0. The summed E-state index contributed by atoms with van der Waals surface area (Å²) in [6.45, 7) is 26.0. The van der Waals surface area contributed by atoms with Crippen LogP contribution in [0.1, 0.15) is 73.4 Å². The zero-order valence-corrected chi connectivity index (χ0v) is 74.1. The highest BCUT2D eigenvalue weighted by Gasteiger charge is 2.04. The van der Waals surface area contributed by atoms with E-state index in [9.17, 15) is 0 Å². The van der Waals surface area contributed by atoms with Crippen molar-refractivity contribution in [2.75, 3.05) is 0 Å². The van der Waals surface area contributed by atoms with Crippen molar-refractivity contribution in [1.82, 2.24) is 161 Å². The standard InChI is InChI=1S/C9H9N.5C8H8N2.7C7H7N3/c1-7-2-3-9-8(6-7)4-5-10-9;1-6-4-8-7(5-10-6)2-3-9-8;1-6-4-7-2-3-9-8(7)5-10-6;1-6-4-8-7(10-5-6)2-3-9-8;1-6-2-3-7-5-9-10-8(7)4-6;1-6-2-3-7-8(10-6)4-5-9-7;1-5-2-7-6(3-8-5)4-9-10-7;1-5-2-6-7(3-8-5)10-4-9-6;1-5-2-6-3-9-10-7(6)4-8-5;1-5-2-6-7(8-3-5)4-9-10-6;2*1-5-2-3-6-7(9-5)4-8-10-6;1-5-2-3-6-7(4-5)9-10-8-6/h2-6,10H,1H3;3*2-5,9H,1H3;2-5H,1H3,(H,9,10);2-5,9H,1H3;4*2-4H,1H3,(H,9,10);2*2-4H,1H3,(H,8,10);2-4H,1H3,(H,8,9,10). The number of aromatic amines is 13. The molecule has 0 aliphatic heterocycles. The molecule has 23 aromatic heterocycles. The van der Waals surface area contributed by atoms with Crippen LogP contribution < -0.4 is 0 Å². The first-order valence-corrected chi connectivity index (χ1v) is 41.6. The van der Waals surface area contributed by atoms with Gasteiger partial charge in [-0.3, -0.25) is 70.5 Å². The average Bonchev–Trinajstić information content (AvgIpc) is 1.82. The van der Waals surface area contributed by atoms with Gasteiger partial charge in [-0.05, 0) is 257 Å². The van der Waals surface area contributed by atoms with Gasteiger partial charge in [-0.25, -0.2) is 15.0 Å². The molecule has 0 saturated heterocycles. The molecule has 32 heteroatoms. The van der Waals surface area contributed by atoms with Crippen molar-refractivity contribution < 1.29 is 0 Å². The number of nitrogens with zero attached hydrogens (tertiary/aromatic N) is 19. The summed E-state index contributed by atoms with van der Waals surface area (Å²) in [7, 11) is 0. The summed E-state index contributed by atoms with van der Waals surface area (Å²) in [6, 6.07) is 54.7. The van der Waals surface area contributed by atoms with E-state index >= 15 is 0 Å². The molecule has 650 valence electrons. The minimum absolute atomic E-state index is 0.922. The molecule has 23 heterocycles. The first-order chi connectivity index (χ1) is 63.2. The fourth-order valence-corrected chi connectivity index (χ4v) is 13.0. The Morgan fingerprint density at radius 2 is 0.600 bits per heavy atom. The van der Waals surface area contributed by atoms with Crippen LogP contribution in [0.5, 0.6) is 0 Å². The molecule has 0 amide bonds. The number of rotatable bonds is 0. The highest BCUT2D eigenvalue weighted by Crippen LogP contribution is 2.19. The summed E-state index contributed by atoms with van der Waals surface area (Å²) in [6.07, 6.45) is 34.7. The van der Waals surface area contributed by atoms with Crippen molar-refractivity contribution in [1.29, 1.82) is 0 Å². The predicted octanol–water partition coefficient (Wildman–Crippen LogP) is 20.7. The molecule has 0 aliphatic carbocycles. The summed E-state index contributed by atoms with van der Waals surface area (Å²) in [5.74, 6) is 0. The van der Waals surface area contributed by atoms with Crippen LogP contribution in [0.15, 0.2) is 282 Å². The maximum Gasteiger partial charge on any atom is 0.113 e. The molecular weight excluding hydrogens is 1630 g/mol. The Labute approximate surface area is 744 Å². The van der Waals surface area contributed by atoms with Gasteiger partial charge in [-0.2, -0.15) is 46.0 Å². The molecule has 0 bridgehead atoms. The van der Waals surface area contributed by atoms with Crippen LogP contribution in [0.3, 0.4) is 0 Å². The molecule has 0 atom stereocenters. The number of aryl methyl sites for hydroxylation is 13. The molecule has 0 radical (unpaired) electrons. The van der Waals surface area contributed by atoms with E-state index in [0.29, 0.717) is 0 Å². The zero-order chi connectivity index (χ0) is 90.7. The number of hydrogen-bond donors (Lipinski definition) is 13. The van der Waals surface area contributed by atoms with Crippen LogP contribution in [0.25, 0.3) is 143 Å². The number of hydrogen-bond acceptors (Lipinski definition) is 19. The monoisotopic (exact) mass is 1720 g/mol. The second-order valence-electron chi connectivity index (χ2n) is 30.5. The number of fused-ring (bicyclic) bond motifs is 13. The molecule has 32 nitrogen and oxygen atoms in total. The van der Waals surface area contributed by atoms with E-state index in [1.807, 2.05) is 254 Å². The molecule has 26 rings (SSSR count). The van der Waals surface area contributed by atoms with Crippen molar-refractivity contribution in [3.8, 4) is 0 Å². The first kappa shape index (κ1) is 88.8. The molecular formula is C98H98N32. The third-order valence-corrected chi connectivity index (χ3v) is 19.7. The molecule has 0 aliphatic rings. The molecule has 3 aromatic carbocycles. The molecule has 26 aromatic rings. The Kier molecular flexibility index (Phi) is 29.6. The van der Waals surface area contributed by atoms with Crippen molar-refractivity contribution in [2.24, 2.45) is 0 Å². The fourth-order valence-electron chi connectivity index (χ4n) is 13.0. The van der Waals surface area contributed by atoms with Crippen LogP contribution in [0, 0.1) is 90.0 Å². The average molecular weight is 1720 g/mol. The lowest BCUT2D eigenvalue weighted by atomic mass is 10.2. The Balaban J connectivity index is 0.000000114. The Morgan fingerprint density at radius 1 is 0.177 bits per heavy atom. The van der Waals surface area contributed by atoms with Gasteiger partial charge in [0.15, 0.2) is 0 Å². The molecule has 0 fully saturated rings. The smallest absolute Gasteiger partial charge is 0.113 e. The van der Waals surface area contributed by atoms with Crippen molar-refractivity contribution in [2.45, 2.75) is 90.0 Å². The number of pyridine rings is 10. The van der Waals surface area contributed by atoms with Crippen LogP contribution in [0.4, 0.5) is 0 Å². The summed E-state index contributed by atoms with van der Waals surface area (Å²) in [5, 5.41) is 57.8. The molecule has 0 saturated carbocycles. The number of aromatic nitrogens is 32. The van der Waals surface area contributed by atoms with Gasteiger partial charge in [-0.1, -0.05) is 29.8 Å². The van der Waals surface area contributed by atoms with Gasteiger partial charge in [0.05, 0.1) is 134 Å². The first-order valence-electron chi connectivity index (χ1n) is 41.6. The van der Waals surface area contributed by atoms with Gasteiger partial charge < -0.3 is 29.9 Å².